The van der Waals surface area contributed by atoms with Gasteiger partial charge in [0.1, 0.15) is 0 Å². The second-order valence-electron chi connectivity index (χ2n) is 5.16. The van der Waals surface area contributed by atoms with Gasteiger partial charge in [-0.15, -0.1) is 10.2 Å². The first-order valence-corrected chi connectivity index (χ1v) is 6.64. The quantitative estimate of drug-likeness (QED) is 0.875. The van der Waals surface area contributed by atoms with Crippen LogP contribution in [0.4, 0.5) is 5.13 Å². The first-order valence-electron chi connectivity index (χ1n) is 5.82. The van der Waals surface area contributed by atoms with Gasteiger partial charge in [-0.2, -0.15) is 0 Å². The molecule has 1 aromatic heterocycles. The molecule has 0 bridgehead atoms. The van der Waals surface area contributed by atoms with Crippen LogP contribution in [0.3, 0.4) is 0 Å². The van der Waals surface area contributed by atoms with E-state index < -0.39 is 0 Å². The smallest absolute Gasteiger partial charge is 0.284 e. The molecule has 1 aliphatic heterocycles. The van der Waals surface area contributed by atoms with Crippen LogP contribution in [0.25, 0.3) is 0 Å². The normalized spacial score (nSPS) is 19.1. The Labute approximate surface area is 105 Å². The summed E-state index contributed by atoms with van der Waals surface area (Å²) >= 11 is 1.31. The van der Waals surface area contributed by atoms with Gasteiger partial charge in [-0.25, -0.2) is 0 Å². The molecule has 1 fully saturated rings. The molecular formula is C11H18N4OS. The van der Waals surface area contributed by atoms with Crippen molar-refractivity contribution >= 4 is 22.4 Å². The van der Waals surface area contributed by atoms with E-state index in [4.69, 9.17) is 0 Å². The van der Waals surface area contributed by atoms with Crippen LogP contribution in [0.2, 0.25) is 0 Å². The fourth-order valence-electron chi connectivity index (χ4n) is 2.14. The topological polar surface area (TPSA) is 58.1 Å². The van der Waals surface area contributed by atoms with E-state index in [1.165, 1.54) is 17.8 Å². The van der Waals surface area contributed by atoms with Crippen molar-refractivity contribution in [3.63, 3.8) is 0 Å². The lowest BCUT2D eigenvalue weighted by Gasteiger charge is -2.37. The summed E-state index contributed by atoms with van der Waals surface area (Å²) in [6.45, 7) is 6.04. The van der Waals surface area contributed by atoms with E-state index in [9.17, 15) is 4.79 Å². The van der Waals surface area contributed by atoms with E-state index in [1.54, 1.807) is 7.05 Å². The number of amides is 1. The van der Waals surface area contributed by atoms with Gasteiger partial charge in [0.2, 0.25) is 10.1 Å². The lowest BCUT2D eigenvalue weighted by Crippen LogP contribution is -2.43. The van der Waals surface area contributed by atoms with E-state index in [0.29, 0.717) is 10.1 Å². The minimum Gasteiger partial charge on any atom is -0.363 e. The number of hydrogen-bond donors (Lipinski definition) is 1. The third kappa shape index (κ3) is 2.74. The summed E-state index contributed by atoms with van der Waals surface area (Å²) in [5.41, 5.74) is 0.213. The molecule has 0 aromatic carbocycles. The molecule has 1 saturated heterocycles. The van der Waals surface area contributed by atoms with E-state index in [0.717, 1.165) is 19.5 Å². The van der Waals surface area contributed by atoms with Gasteiger partial charge in [-0.1, -0.05) is 25.2 Å². The molecule has 0 saturated carbocycles. The molecule has 0 spiro atoms. The lowest BCUT2D eigenvalue weighted by atomic mass is 9.84. The molecule has 0 radical (unpaired) electrons. The van der Waals surface area contributed by atoms with Crippen molar-refractivity contribution < 1.29 is 4.79 Å². The molecule has 5 nitrogen and oxygen atoms in total. The van der Waals surface area contributed by atoms with Crippen LogP contribution in [0.1, 0.15) is 36.5 Å². The van der Waals surface area contributed by atoms with Crippen molar-refractivity contribution in [1.29, 1.82) is 0 Å². The van der Waals surface area contributed by atoms with E-state index >= 15 is 0 Å². The molecular weight excluding hydrogens is 236 g/mol. The van der Waals surface area contributed by atoms with Crippen molar-refractivity contribution in [3.8, 4) is 0 Å². The van der Waals surface area contributed by atoms with Gasteiger partial charge < -0.3 is 10.2 Å². The Morgan fingerprint density at radius 2 is 2.24 bits per heavy atom. The van der Waals surface area contributed by atoms with Gasteiger partial charge in [-0.05, 0) is 18.3 Å². The summed E-state index contributed by atoms with van der Waals surface area (Å²) in [6, 6.07) is 0. The predicted molar refractivity (Wildman–Crippen MR) is 68.4 cm³/mol. The molecule has 94 valence electrons. The van der Waals surface area contributed by atoms with Gasteiger partial charge in [0.15, 0.2) is 0 Å². The summed E-state index contributed by atoms with van der Waals surface area (Å²) < 4.78 is 0. The Hall–Kier alpha value is -1.17. The van der Waals surface area contributed by atoms with Crippen molar-refractivity contribution in [2.75, 3.05) is 25.5 Å². The van der Waals surface area contributed by atoms with Gasteiger partial charge >= 0.3 is 0 Å². The van der Waals surface area contributed by atoms with Crippen LogP contribution in [0.5, 0.6) is 0 Å². The van der Waals surface area contributed by atoms with Crippen molar-refractivity contribution in [3.05, 3.63) is 5.01 Å². The van der Waals surface area contributed by atoms with Crippen LogP contribution in [-0.4, -0.2) is 41.1 Å². The number of hydrogen-bond acceptors (Lipinski definition) is 5. The van der Waals surface area contributed by atoms with Crippen LogP contribution in [0, 0.1) is 5.41 Å². The van der Waals surface area contributed by atoms with Gasteiger partial charge in [-0.3, -0.25) is 4.79 Å². The highest BCUT2D eigenvalue weighted by Crippen LogP contribution is 2.29. The zero-order chi connectivity index (χ0) is 12.5. The Balaban J connectivity index is 2.09. The van der Waals surface area contributed by atoms with Gasteiger partial charge in [0, 0.05) is 20.1 Å². The molecule has 17 heavy (non-hydrogen) atoms. The van der Waals surface area contributed by atoms with Crippen molar-refractivity contribution in [1.82, 2.24) is 15.1 Å². The SMILES string of the molecule is CNc1nnc(C(=O)N2CCCC(C)(C)C2)s1. The maximum atomic E-state index is 12.2. The monoisotopic (exact) mass is 254 g/mol. The zero-order valence-electron chi connectivity index (χ0n) is 10.5. The molecule has 2 heterocycles. The number of likely N-dealkylation sites (tertiary alicyclic amines) is 1. The largest absolute Gasteiger partial charge is 0.363 e. The van der Waals surface area contributed by atoms with E-state index in [1.807, 2.05) is 4.90 Å². The molecule has 0 aliphatic carbocycles. The van der Waals surface area contributed by atoms with Gasteiger partial charge in [0.05, 0.1) is 0 Å². The molecule has 1 aliphatic rings. The standard InChI is InChI=1S/C11H18N4OS/c1-11(2)5-4-6-15(7-11)9(16)8-13-14-10(12-3)17-8/h4-7H2,1-3H3,(H,12,14). The van der Waals surface area contributed by atoms with Crippen molar-refractivity contribution in [2.24, 2.45) is 5.41 Å². The van der Waals surface area contributed by atoms with E-state index in [2.05, 4.69) is 29.4 Å². The number of rotatable bonds is 2. The van der Waals surface area contributed by atoms with Gasteiger partial charge in [0.25, 0.3) is 5.91 Å². The summed E-state index contributed by atoms with van der Waals surface area (Å²) in [5, 5.41) is 11.9. The summed E-state index contributed by atoms with van der Waals surface area (Å²) in [5.74, 6) is 0.0109. The number of nitrogens with zero attached hydrogens (tertiary/aromatic N) is 3. The molecule has 0 unspecified atom stereocenters. The lowest BCUT2D eigenvalue weighted by molar-refractivity contribution is 0.0582. The number of carbonyl (C=O) groups is 1. The number of piperidine rings is 1. The highest BCUT2D eigenvalue weighted by molar-refractivity contribution is 7.17. The molecule has 1 amide bonds. The van der Waals surface area contributed by atoms with Crippen LogP contribution in [0.15, 0.2) is 0 Å². The summed E-state index contributed by atoms with van der Waals surface area (Å²) in [4.78, 5) is 14.1. The van der Waals surface area contributed by atoms with Crippen LogP contribution in [-0.2, 0) is 0 Å². The second kappa shape index (κ2) is 4.60. The third-order valence-corrected chi connectivity index (χ3v) is 3.94. The number of nitrogens with one attached hydrogen (secondary N) is 1. The average Bonchev–Trinajstić information content (AvgIpc) is 2.75. The number of aromatic nitrogens is 2. The number of carbonyl (C=O) groups excluding carboxylic acids is 1. The molecule has 6 heteroatoms. The predicted octanol–water partition coefficient (Wildman–Crippen LogP) is 1.84. The van der Waals surface area contributed by atoms with Crippen molar-refractivity contribution in [2.45, 2.75) is 26.7 Å². The minimum absolute atomic E-state index is 0.0109. The highest BCUT2D eigenvalue weighted by atomic mass is 32.1. The average molecular weight is 254 g/mol. The molecule has 0 atom stereocenters. The molecule has 1 N–H and O–H groups in total. The maximum absolute atomic E-state index is 12.2. The minimum atomic E-state index is 0.0109. The Morgan fingerprint density at radius 3 is 2.82 bits per heavy atom. The maximum Gasteiger partial charge on any atom is 0.284 e. The summed E-state index contributed by atoms with van der Waals surface area (Å²) in [7, 11) is 1.78. The highest BCUT2D eigenvalue weighted by Gasteiger charge is 2.30. The fraction of sp³-hybridized carbons (Fsp3) is 0.727. The fourth-order valence-corrected chi connectivity index (χ4v) is 2.81. The Morgan fingerprint density at radius 1 is 1.47 bits per heavy atom. The molecule has 1 aromatic rings. The van der Waals surface area contributed by atoms with E-state index in [-0.39, 0.29) is 11.3 Å². The third-order valence-electron chi connectivity index (χ3n) is 3.01. The Bertz CT molecular complexity index is 415. The Kier molecular flexibility index (Phi) is 3.33. The van der Waals surface area contributed by atoms with Crippen LogP contribution >= 0.6 is 11.3 Å². The first kappa shape index (κ1) is 12.3. The number of anilines is 1. The first-order chi connectivity index (χ1) is 8.02. The van der Waals surface area contributed by atoms with Crippen LogP contribution < -0.4 is 5.32 Å². The zero-order valence-corrected chi connectivity index (χ0v) is 11.3. The summed E-state index contributed by atoms with van der Waals surface area (Å²) in [6.07, 6.45) is 2.24. The second-order valence-corrected chi connectivity index (χ2v) is 6.13. The molecule has 2 rings (SSSR count).